The summed E-state index contributed by atoms with van der Waals surface area (Å²) >= 11 is 0. The number of amides is 1. The molecule has 1 fully saturated rings. The molecular weight excluding hydrogens is 192 g/mol. The number of nitrogens with zero attached hydrogens (tertiary/aromatic N) is 2. The first-order valence-electron chi connectivity index (χ1n) is 5.03. The molecule has 1 aromatic heterocycles. The van der Waals surface area contributed by atoms with Crippen LogP contribution in [-0.2, 0) is 4.79 Å². The maximum atomic E-state index is 11.9. The second kappa shape index (κ2) is 3.94. The Hall–Kier alpha value is -1.49. The number of hydrogen-bond donors (Lipinski definition) is 2. The predicted octanol–water partition coefficient (Wildman–Crippen LogP) is 0.544. The fourth-order valence-corrected chi connectivity index (χ4v) is 1.75. The average Bonchev–Trinajstić information content (AvgIpc) is 2.18. The first-order valence-corrected chi connectivity index (χ1v) is 5.03. The molecule has 15 heavy (non-hydrogen) atoms. The van der Waals surface area contributed by atoms with Gasteiger partial charge in [-0.05, 0) is 12.8 Å². The third kappa shape index (κ3) is 1.83. The molecule has 1 aliphatic carbocycles. The molecule has 0 unspecified atom stereocenters. The fraction of sp³-hybridized carbons (Fsp3) is 0.500. The quantitative estimate of drug-likeness (QED) is 0.756. The van der Waals surface area contributed by atoms with E-state index in [1.165, 1.54) is 6.33 Å². The Morgan fingerprint density at radius 1 is 1.47 bits per heavy atom. The molecule has 0 radical (unpaired) electrons. The van der Waals surface area contributed by atoms with Crippen LogP contribution in [-0.4, -0.2) is 22.4 Å². The van der Waals surface area contributed by atoms with Crippen molar-refractivity contribution in [2.45, 2.75) is 19.3 Å². The number of carbonyl (C=O) groups excluding carboxylic acids is 1. The molecule has 0 bridgehead atoms. The van der Waals surface area contributed by atoms with Gasteiger partial charge in [0.1, 0.15) is 6.33 Å². The normalized spacial score (nSPS) is 17.9. The van der Waals surface area contributed by atoms with E-state index < -0.39 is 0 Å². The molecule has 0 aliphatic heterocycles. The first kappa shape index (κ1) is 10.0. The van der Waals surface area contributed by atoms with E-state index in [1.807, 2.05) is 0 Å². The Morgan fingerprint density at radius 3 is 2.60 bits per heavy atom. The van der Waals surface area contributed by atoms with Crippen LogP contribution < -0.4 is 11.1 Å². The second-order valence-corrected chi connectivity index (χ2v) is 3.92. The van der Waals surface area contributed by atoms with Gasteiger partial charge in [-0.3, -0.25) is 4.79 Å². The van der Waals surface area contributed by atoms with Crippen LogP contribution in [0, 0.1) is 5.41 Å². The minimum atomic E-state index is -0.351. The van der Waals surface area contributed by atoms with Gasteiger partial charge in [-0.2, -0.15) is 0 Å². The van der Waals surface area contributed by atoms with Crippen molar-refractivity contribution in [1.29, 1.82) is 0 Å². The molecule has 1 aromatic rings. The van der Waals surface area contributed by atoms with Crippen molar-refractivity contribution in [3.05, 3.63) is 18.7 Å². The zero-order valence-corrected chi connectivity index (χ0v) is 8.44. The van der Waals surface area contributed by atoms with Crippen molar-refractivity contribution in [2.75, 3.05) is 11.9 Å². The largest absolute Gasteiger partial charge is 0.329 e. The Balaban J connectivity index is 2.04. The van der Waals surface area contributed by atoms with Gasteiger partial charge in [0.2, 0.25) is 5.91 Å². The standard InChI is InChI=1S/C10H14N4O/c11-6-10(2-1-3-10)9(15)14-8-4-12-7-13-5-8/h4-5,7H,1-3,6,11H2,(H,14,15). The summed E-state index contributed by atoms with van der Waals surface area (Å²) in [5, 5.41) is 2.79. The number of nitrogens with two attached hydrogens (primary N) is 1. The summed E-state index contributed by atoms with van der Waals surface area (Å²) < 4.78 is 0. The van der Waals surface area contributed by atoms with Gasteiger partial charge in [0.05, 0.1) is 23.5 Å². The number of aromatic nitrogens is 2. The molecule has 1 aliphatic rings. The van der Waals surface area contributed by atoms with Gasteiger partial charge < -0.3 is 11.1 Å². The van der Waals surface area contributed by atoms with Crippen molar-refractivity contribution in [3.8, 4) is 0 Å². The Kier molecular flexibility index (Phi) is 2.64. The second-order valence-electron chi connectivity index (χ2n) is 3.92. The highest BCUT2D eigenvalue weighted by Crippen LogP contribution is 2.40. The highest BCUT2D eigenvalue weighted by molar-refractivity contribution is 5.95. The van der Waals surface area contributed by atoms with E-state index in [2.05, 4.69) is 15.3 Å². The molecule has 0 aromatic carbocycles. The molecule has 0 spiro atoms. The lowest BCUT2D eigenvalue weighted by molar-refractivity contribution is -0.129. The summed E-state index contributed by atoms with van der Waals surface area (Å²) in [6, 6.07) is 0. The van der Waals surface area contributed by atoms with Crippen molar-refractivity contribution in [3.63, 3.8) is 0 Å². The Morgan fingerprint density at radius 2 is 2.13 bits per heavy atom. The lowest BCUT2D eigenvalue weighted by Gasteiger charge is -2.38. The van der Waals surface area contributed by atoms with Gasteiger partial charge in [-0.25, -0.2) is 9.97 Å². The van der Waals surface area contributed by atoms with Crippen LogP contribution in [0.5, 0.6) is 0 Å². The monoisotopic (exact) mass is 206 g/mol. The molecule has 5 nitrogen and oxygen atoms in total. The van der Waals surface area contributed by atoms with Crippen LogP contribution in [0.2, 0.25) is 0 Å². The van der Waals surface area contributed by atoms with E-state index in [-0.39, 0.29) is 11.3 Å². The van der Waals surface area contributed by atoms with E-state index in [0.717, 1.165) is 19.3 Å². The van der Waals surface area contributed by atoms with Crippen LogP contribution in [0.15, 0.2) is 18.7 Å². The highest BCUT2D eigenvalue weighted by atomic mass is 16.2. The molecule has 80 valence electrons. The number of hydrogen-bond acceptors (Lipinski definition) is 4. The zero-order valence-electron chi connectivity index (χ0n) is 8.44. The summed E-state index contributed by atoms with van der Waals surface area (Å²) in [5.41, 5.74) is 5.91. The number of carbonyl (C=O) groups is 1. The summed E-state index contributed by atoms with van der Waals surface area (Å²) in [6.07, 6.45) is 7.42. The van der Waals surface area contributed by atoms with Gasteiger partial charge in [-0.15, -0.1) is 0 Å². The Bertz CT molecular complexity index is 342. The van der Waals surface area contributed by atoms with E-state index in [0.29, 0.717) is 12.2 Å². The third-order valence-electron chi connectivity index (χ3n) is 3.00. The van der Waals surface area contributed by atoms with Crippen LogP contribution in [0.1, 0.15) is 19.3 Å². The molecule has 2 rings (SSSR count). The highest BCUT2D eigenvalue weighted by Gasteiger charge is 2.42. The van der Waals surface area contributed by atoms with Gasteiger partial charge in [-0.1, -0.05) is 6.42 Å². The zero-order chi connectivity index (χ0) is 10.7. The van der Waals surface area contributed by atoms with Gasteiger partial charge >= 0.3 is 0 Å². The molecule has 0 saturated heterocycles. The maximum Gasteiger partial charge on any atom is 0.231 e. The van der Waals surface area contributed by atoms with Crippen LogP contribution in [0.4, 0.5) is 5.69 Å². The molecule has 5 heteroatoms. The van der Waals surface area contributed by atoms with E-state index in [4.69, 9.17) is 5.73 Å². The van der Waals surface area contributed by atoms with Gasteiger partial charge in [0.25, 0.3) is 0 Å². The van der Waals surface area contributed by atoms with E-state index >= 15 is 0 Å². The first-order chi connectivity index (χ1) is 7.27. The fourth-order valence-electron chi connectivity index (χ4n) is 1.75. The number of anilines is 1. The Labute approximate surface area is 88.1 Å². The molecule has 1 amide bonds. The van der Waals surface area contributed by atoms with Crippen LogP contribution in [0.3, 0.4) is 0 Å². The average molecular weight is 206 g/mol. The SMILES string of the molecule is NCC1(C(=O)Nc2cncnc2)CCC1. The lowest BCUT2D eigenvalue weighted by Crippen LogP contribution is -2.47. The third-order valence-corrected chi connectivity index (χ3v) is 3.00. The van der Waals surface area contributed by atoms with Gasteiger partial charge in [0, 0.05) is 6.54 Å². The van der Waals surface area contributed by atoms with Crippen LogP contribution in [0.25, 0.3) is 0 Å². The minimum Gasteiger partial charge on any atom is -0.329 e. The topological polar surface area (TPSA) is 80.9 Å². The summed E-state index contributed by atoms with van der Waals surface area (Å²) in [7, 11) is 0. The smallest absolute Gasteiger partial charge is 0.231 e. The number of nitrogens with one attached hydrogen (secondary N) is 1. The maximum absolute atomic E-state index is 11.9. The lowest BCUT2D eigenvalue weighted by atomic mass is 9.68. The molecule has 1 heterocycles. The van der Waals surface area contributed by atoms with Crippen LogP contribution >= 0.6 is 0 Å². The number of rotatable bonds is 3. The van der Waals surface area contributed by atoms with E-state index in [9.17, 15) is 4.79 Å². The molecule has 1 saturated carbocycles. The predicted molar refractivity (Wildman–Crippen MR) is 56.0 cm³/mol. The van der Waals surface area contributed by atoms with Gasteiger partial charge in [0.15, 0.2) is 0 Å². The summed E-state index contributed by atoms with van der Waals surface area (Å²) in [5.74, 6) is -0.00829. The summed E-state index contributed by atoms with van der Waals surface area (Å²) in [4.78, 5) is 19.6. The van der Waals surface area contributed by atoms with Crippen molar-refractivity contribution < 1.29 is 4.79 Å². The molecule has 0 atom stereocenters. The van der Waals surface area contributed by atoms with Crippen molar-refractivity contribution in [2.24, 2.45) is 11.1 Å². The summed E-state index contributed by atoms with van der Waals surface area (Å²) in [6.45, 7) is 0.409. The molecule has 3 N–H and O–H groups in total. The van der Waals surface area contributed by atoms with Crippen molar-refractivity contribution >= 4 is 11.6 Å². The molecular formula is C10H14N4O. The van der Waals surface area contributed by atoms with E-state index in [1.54, 1.807) is 12.4 Å². The van der Waals surface area contributed by atoms with Crippen molar-refractivity contribution in [1.82, 2.24) is 9.97 Å². The minimum absolute atomic E-state index is 0.00829.